The third-order valence-corrected chi connectivity index (χ3v) is 2.79. The van der Waals surface area contributed by atoms with Crippen LogP contribution >= 0.6 is 0 Å². The average molecular weight is 235 g/mol. The number of benzene rings is 1. The molecule has 2 aromatic rings. The molecular formula is C12H13NO4. The summed E-state index contributed by atoms with van der Waals surface area (Å²) in [6, 6.07) is 6.49. The standard InChI is InChI=1S/C12H13NO4/c1-2-13-8-4-3-5-10(14)7(8)6-9(13)11(15)12(16)17/h3-6,11,14-15H,2H2,1H3,(H,16,17). The van der Waals surface area contributed by atoms with E-state index in [0.717, 1.165) is 0 Å². The van der Waals surface area contributed by atoms with Gasteiger partial charge in [0.2, 0.25) is 0 Å². The maximum atomic E-state index is 10.8. The highest BCUT2D eigenvalue weighted by Crippen LogP contribution is 2.30. The van der Waals surface area contributed by atoms with Gasteiger partial charge in [-0.1, -0.05) is 6.07 Å². The number of fused-ring (bicyclic) bond motifs is 1. The van der Waals surface area contributed by atoms with Crippen molar-refractivity contribution in [2.75, 3.05) is 0 Å². The highest BCUT2D eigenvalue weighted by Gasteiger charge is 2.22. The second-order valence-corrected chi connectivity index (χ2v) is 3.76. The Kier molecular flexibility index (Phi) is 2.77. The van der Waals surface area contributed by atoms with Crippen molar-refractivity contribution in [1.82, 2.24) is 4.57 Å². The van der Waals surface area contributed by atoms with Gasteiger partial charge >= 0.3 is 5.97 Å². The number of rotatable bonds is 3. The molecule has 0 aliphatic rings. The van der Waals surface area contributed by atoms with Gasteiger partial charge in [0.15, 0.2) is 6.10 Å². The van der Waals surface area contributed by atoms with Crippen LogP contribution in [-0.2, 0) is 11.3 Å². The van der Waals surface area contributed by atoms with E-state index in [2.05, 4.69) is 0 Å². The highest BCUT2D eigenvalue weighted by molar-refractivity contribution is 5.88. The van der Waals surface area contributed by atoms with E-state index < -0.39 is 12.1 Å². The van der Waals surface area contributed by atoms with Gasteiger partial charge in [0.25, 0.3) is 0 Å². The van der Waals surface area contributed by atoms with E-state index in [0.29, 0.717) is 17.4 Å². The van der Waals surface area contributed by atoms with Gasteiger partial charge < -0.3 is 19.9 Å². The summed E-state index contributed by atoms with van der Waals surface area (Å²) in [6.07, 6.45) is -1.58. The third kappa shape index (κ3) is 1.74. The number of aliphatic hydroxyl groups is 1. The van der Waals surface area contributed by atoms with Crippen LogP contribution in [0, 0.1) is 0 Å². The Labute approximate surface area is 97.5 Å². The van der Waals surface area contributed by atoms with Crippen LogP contribution in [0.1, 0.15) is 18.7 Å². The first-order valence-corrected chi connectivity index (χ1v) is 5.28. The predicted molar refractivity (Wildman–Crippen MR) is 61.9 cm³/mol. The summed E-state index contributed by atoms with van der Waals surface area (Å²) in [4.78, 5) is 10.8. The number of phenols is 1. The lowest BCUT2D eigenvalue weighted by Gasteiger charge is -2.10. The zero-order valence-corrected chi connectivity index (χ0v) is 9.29. The third-order valence-electron chi connectivity index (χ3n) is 2.79. The summed E-state index contributed by atoms with van der Waals surface area (Å²) < 4.78 is 1.67. The molecule has 2 rings (SSSR count). The van der Waals surface area contributed by atoms with Crippen molar-refractivity contribution in [2.24, 2.45) is 0 Å². The molecule has 0 spiro atoms. The smallest absolute Gasteiger partial charge is 0.338 e. The Balaban J connectivity index is 2.72. The largest absolute Gasteiger partial charge is 0.507 e. The van der Waals surface area contributed by atoms with Crippen LogP contribution in [0.4, 0.5) is 0 Å². The van der Waals surface area contributed by atoms with E-state index in [1.807, 2.05) is 6.92 Å². The van der Waals surface area contributed by atoms with E-state index >= 15 is 0 Å². The number of nitrogens with zero attached hydrogens (tertiary/aromatic N) is 1. The number of aliphatic hydroxyl groups excluding tert-OH is 1. The molecule has 3 N–H and O–H groups in total. The summed E-state index contributed by atoms with van der Waals surface area (Å²) in [5.41, 5.74) is 0.985. The first kappa shape index (κ1) is 11.5. The highest BCUT2D eigenvalue weighted by atomic mass is 16.4. The molecule has 0 fully saturated rings. The van der Waals surface area contributed by atoms with Gasteiger partial charge in [-0.3, -0.25) is 0 Å². The van der Waals surface area contributed by atoms with Crippen molar-refractivity contribution < 1.29 is 20.1 Å². The topological polar surface area (TPSA) is 82.7 Å². The number of aromatic nitrogens is 1. The van der Waals surface area contributed by atoms with Crippen LogP contribution in [-0.4, -0.2) is 25.9 Å². The van der Waals surface area contributed by atoms with Crippen LogP contribution < -0.4 is 0 Å². The molecule has 1 aromatic heterocycles. The summed E-state index contributed by atoms with van der Waals surface area (Å²) in [6.45, 7) is 2.37. The zero-order chi connectivity index (χ0) is 12.6. The summed E-state index contributed by atoms with van der Waals surface area (Å²) in [5, 5.41) is 28.7. The molecule has 0 saturated heterocycles. The van der Waals surface area contributed by atoms with Crippen molar-refractivity contribution in [3.8, 4) is 5.75 Å². The number of carbonyl (C=O) groups is 1. The number of carboxylic acids is 1. The van der Waals surface area contributed by atoms with Gasteiger partial charge in [-0.05, 0) is 25.1 Å². The molecule has 1 aromatic carbocycles. The molecule has 90 valence electrons. The van der Waals surface area contributed by atoms with Crippen molar-refractivity contribution in [3.63, 3.8) is 0 Å². The van der Waals surface area contributed by atoms with Crippen molar-refractivity contribution >= 4 is 16.9 Å². The minimum absolute atomic E-state index is 0.0774. The lowest BCUT2D eigenvalue weighted by Crippen LogP contribution is -2.14. The van der Waals surface area contributed by atoms with Gasteiger partial charge in [-0.2, -0.15) is 0 Å². The molecule has 5 nitrogen and oxygen atoms in total. The molecule has 0 saturated carbocycles. The minimum Gasteiger partial charge on any atom is -0.507 e. The fourth-order valence-corrected chi connectivity index (χ4v) is 2.00. The lowest BCUT2D eigenvalue weighted by atomic mass is 10.2. The van der Waals surface area contributed by atoms with Gasteiger partial charge in [0.05, 0.1) is 11.2 Å². The second kappa shape index (κ2) is 4.10. The van der Waals surface area contributed by atoms with Crippen molar-refractivity contribution in [1.29, 1.82) is 0 Å². The van der Waals surface area contributed by atoms with Crippen molar-refractivity contribution in [3.05, 3.63) is 30.0 Å². The van der Waals surface area contributed by atoms with Crippen LogP contribution in [0.15, 0.2) is 24.3 Å². The molecule has 0 radical (unpaired) electrons. The molecule has 1 atom stereocenters. The number of phenolic OH excluding ortho intramolecular Hbond substituents is 1. The lowest BCUT2D eigenvalue weighted by molar-refractivity contribution is -0.147. The quantitative estimate of drug-likeness (QED) is 0.752. The number of hydrogen-bond donors (Lipinski definition) is 3. The molecular weight excluding hydrogens is 222 g/mol. The van der Waals surface area contributed by atoms with Crippen LogP contribution in [0.25, 0.3) is 10.9 Å². The van der Waals surface area contributed by atoms with Crippen molar-refractivity contribution in [2.45, 2.75) is 19.6 Å². The van der Waals surface area contributed by atoms with Crippen LogP contribution in [0.5, 0.6) is 5.75 Å². The Hall–Kier alpha value is -2.01. The Morgan fingerprint density at radius 2 is 2.18 bits per heavy atom. The Bertz CT molecular complexity index is 573. The van der Waals surface area contributed by atoms with Gasteiger partial charge in [-0.15, -0.1) is 0 Å². The number of aryl methyl sites for hydroxylation is 1. The molecule has 5 heteroatoms. The fourth-order valence-electron chi connectivity index (χ4n) is 2.00. The van der Waals surface area contributed by atoms with E-state index in [1.165, 1.54) is 12.1 Å². The first-order chi connectivity index (χ1) is 8.06. The monoisotopic (exact) mass is 235 g/mol. The first-order valence-electron chi connectivity index (χ1n) is 5.28. The van der Waals surface area contributed by atoms with E-state index in [1.54, 1.807) is 16.7 Å². The predicted octanol–water partition coefficient (Wildman–Crippen LogP) is 1.48. The van der Waals surface area contributed by atoms with Crippen LogP contribution in [0.3, 0.4) is 0 Å². The van der Waals surface area contributed by atoms with Gasteiger partial charge in [0.1, 0.15) is 5.75 Å². The molecule has 0 aliphatic carbocycles. The number of aliphatic carboxylic acids is 1. The zero-order valence-electron chi connectivity index (χ0n) is 9.29. The maximum Gasteiger partial charge on any atom is 0.338 e. The van der Waals surface area contributed by atoms with Crippen LogP contribution in [0.2, 0.25) is 0 Å². The molecule has 1 unspecified atom stereocenters. The fraction of sp³-hybridized carbons (Fsp3) is 0.250. The molecule has 0 amide bonds. The number of aromatic hydroxyl groups is 1. The summed E-state index contributed by atoms with van der Waals surface area (Å²) in [7, 11) is 0. The normalized spacial score (nSPS) is 12.8. The van der Waals surface area contributed by atoms with Gasteiger partial charge in [0, 0.05) is 11.9 Å². The summed E-state index contributed by atoms with van der Waals surface area (Å²) in [5.74, 6) is -1.23. The Morgan fingerprint density at radius 1 is 1.47 bits per heavy atom. The summed E-state index contributed by atoms with van der Waals surface area (Å²) >= 11 is 0. The maximum absolute atomic E-state index is 10.8. The molecule has 17 heavy (non-hydrogen) atoms. The number of carboxylic acid groups (broad SMARTS) is 1. The van der Waals surface area contributed by atoms with E-state index in [9.17, 15) is 15.0 Å². The average Bonchev–Trinajstić information content (AvgIpc) is 2.67. The van der Waals surface area contributed by atoms with Gasteiger partial charge in [-0.25, -0.2) is 4.79 Å². The molecule has 0 aliphatic heterocycles. The second-order valence-electron chi connectivity index (χ2n) is 3.76. The Morgan fingerprint density at radius 3 is 2.76 bits per heavy atom. The van der Waals surface area contributed by atoms with E-state index in [4.69, 9.17) is 5.11 Å². The molecule has 1 heterocycles. The SMILES string of the molecule is CCn1c(C(O)C(=O)O)cc2c(O)cccc21. The number of hydrogen-bond acceptors (Lipinski definition) is 3. The minimum atomic E-state index is -1.58. The molecule has 0 bridgehead atoms. The van der Waals surface area contributed by atoms with E-state index in [-0.39, 0.29) is 11.4 Å².